The number of H-pyrrole nitrogens is 1. The van der Waals surface area contributed by atoms with E-state index in [1.165, 1.54) is 42.6 Å². The Balaban J connectivity index is 1.95. The molecule has 2 N–H and O–H groups in total. The summed E-state index contributed by atoms with van der Waals surface area (Å²) in [5.41, 5.74) is -0.271. The molecule has 1 unspecified atom stereocenters. The highest BCUT2D eigenvalue weighted by atomic mass is 19.1. The van der Waals surface area contributed by atoms with Crippen molar-refractivity contribution in [3.05, 3.63) is 65.4 Å². The maximum absolute atomic E-state index is 13.4. The van der Waals surface area contributed by atoms with E-state index in [0.717, 1.165) is 0 Å². The lowest BCUT2D eigenvalue weighted by molar-refractivity contribution is 0.0949. The Morgan fingerprint density at radius 1 is 1.09 bits per heavy atom. The Morgan fingerprint density at radius 2 is 1.83 bits per heavy atom. The van der Waals surface area contributed by atoms with Gasteiger partial charge >= 0.3 is 0 Å². The van der Waals surface area contributed by atoms with Crippen LogP contribution in [0.1, 0.15) is 15.9 Å². The Kier molecular flexibility index (Phi) is 2.57. The van der Waals surface area contributed by atoms with E-state index >= 15 is 0 Å². The lowest BCUT2D eigenvalue weighted by Gasteiger charge is -2.19. The topological polar surface area (TPSA) is 68.7 Å². The SMILES string of the molecule is N#CC1(c2c[nH]c3cc(F)ccc23)Nc2cc(F)ccc2C1=O. The molecular formula is C17H9F2N3O. The third-order valence-corrected chi connectivity index (χ3v) is 4.10. The fourth-order valence-electron chi connectivity index (χ4n) is 3.02. The molecule has 4 nitrogen and oxygen atoms in total. The van der Waals surface area contributed by atoms with Gasteiger partial charge in [0.2, 0.25) is 11.3 Å². The molecular weight excluding hydrogens is 300 g/mol. The number of nitriles is 1. The van der Waals surface area contributed by atoms with Crippen LogP contribution in [-0.2, 0) is 5.54 Å². The number of Topliss-reactive ketones (excluding diaryl/α,β-unsaturated/α-hetero) is 1. The normalized spacial score (nSPS) is 19.4. The van der Waals surface area contributed by atoms with Gasteiger partial charge in [0.25, 0.3) is 0 Å². The van der Waals surface area contributed by atoms with E-state index in [9.17, 15) is 18.8 Å². The van der Waals surface area contributed by atoms with Crippen LogP contribution in [0.5, 0.6) is 0 Å². The van der Waals surface area contributed by atoms with Crippen LogP contribution in [0, 0.1) is 23.0 Å². The average Bonchev–Trinajstić information content (AvgIpc) is 3.06. The van der Waals surface area contributed by atoms with Crippen molar-refractivity contribution >= 4 is 22.4 Å². The van der Waals surface area contributed by atoms with Crippen LogP contribution in [-0.4, -0.2) is 10.8 Å². The number of hydrogen-bond donors (Lipinski definition) is 2. The second-order valence-electron chi connectivity index (χ2n) is 5.40. The molecule has 1 atom stereocenters. The molecule has 0 amide bonds. The summed E-state index contributed by atoms with van der Waals surface area (Å²) in [6, 6.07) is 9.78. The Bertz CT molecular complexity index is 1020. The standard InChI is InChI=1S/C17H9F2N3O/c18-9-1-3-11-13(7-21-14(11)5-9)17(8-20)16(23)12-4-2-10(19)6-15(12)22-17/h1-7,21-22H. The van der Waals surface area contributed by atoms with Crippen molar-refractivity contribution in [1.29, 1.82) is 5.26 Å². The van der Waals surface area contributed by atoms with E-state index in [1.807, 2.05) is 6.07 Å². The van der Waals surface area contributed by atoms with Gasteiger partial charge in [0.05, 0.1) is 0 Å². The van der Waals surface area contributed by atoms with Crippen molar-refractivity contribution in [2.24, 2.45) is 0 Å². The van der Waals surface area contributed by atoms with Crippen LogP contribution >= 0.6 is 0 Å². The molecule has 2 heterocycles. The van der Waals surface area contributed by atoms with E-state index < -0.39 is 23.0 Å². The zero-order chi connectivity index (χ0) is 16.2. The minimum absolute atomic E-state index is 0.254. The number of carbonyl (C=O) groups excluding carboxylic acids is 1. The molecule has 0 spiro atoms. The molecule has 1 aliphatic rings. The molecule has 0 saturated carbocycles. The van der Waals surface area contributed by atoms with Crippen molar-refractivity contribution in [1.82, 2.24) is 4.98 Å². The summed E-state index contributed by atoms with van der Waals surface area (Å²) in [7, 11) is 0. The van der Waals surface area contributed by atoms with E-state index in [4.69, 9.17) is 0 Å². The van der Waals surface area contributed by atoms with Crippen LogP contribution < -0.4 is 5.32 Å². The summed E-state index contributed by atoms with van der Waals surface area (Å²) < 4.78 is 26.7. The number of anilines is 1. The molecule has 2 aromatic carbocycles. The maximum Gasteiger partial charge on any atom is 0.216 e. The lowest BCUT2D eigenvalue weighted by atomic mass is 9.87. The highest BCUT2D eigenvalue weighted by Gasteiger charge is 2.48. The predicted molar refractivity (Wildman–Crippen MR) is 79.9 cm³/mol. The summed E-state index contributed by atoms with van der Waals surface area (Å²) in [4.78, 5) is 15.6. The van der Waals surface area contributed by atoms with Crippen LogP contribution in [0.2, 0.25) is 0 Å². The van der Waals surface area contributed by atoms with Gasteiger partial charge in [0.15, 0.2) is 0 Å². The number of nitrogens with one attached hydrogen (secondary N) is 2. The second-order valence-corrected chi connectivity index (χ2v) is 5.40. The van der Waals surface area contributed by atoms with Crippen LogP contribution in [0.3, 0.4) is 0 Å². The smallest absolute Gasteiger partial charge is 0.216 e. The molecule has 0 fully saturated rings. The predicted octanol–water partition coefficient (Wildman–Crippen LogP) is 3.47. The largest absolute Gasteiger partial charge is 0.361 e. The number of benzene rings is 2. The zero-order valence-electron chi connectivity index (χ0n) is 11.7. The van der Waals surface area contributed by atoms with Crippen molar-refractivity contribution < 1.29 is 13.6 Å². The molecule has 0 saturated heterocycles. The number of carbonyl (C=O) groups is 1. The Hall–Kier alpha value is -3.20. The number of hydrogen-bond acceptors (Lipinski definition) is 3. The number of aromatic amines is 1. The van der Waals surface area contributed by atoms with Crippen molar-refractivity contribution in [2.75, 3.05) is 5.32 Å². The first-order valence-electron chi connectivity index (χ1n) is 6.86. The van der Waals surface area contributed by atoms with Crippen LogP contribution in [0.25, 0.3) is 10.9 Å². The number of nitrogens with zero attached hydrogens (tertiary/aromatic N) is 1. The Labute approximate surface area is 129 Å². The van der Waals surface area contributed by atoms with Gasteiger partial charge in [-0.3, -0.25) is 4.79 Å². The highest BCUT2D eigenvalue weighted by Crippen LogP contribution is 2.41. The van der Waals surface area contributed by atoms with Gasteiger partial charge in [-0.15, -0.1) is 0 Å². The van der Waals surface area contributed by atoms with E-state index in [2.05, 4.69) is 10.3 Å². The molecule has 1 aliphatic heterocycles. The molecule has 1 aromatic heterocycles. The van der Waals surface area contributed by atoms with Crippen LogP contribution in [0.4, 0.5) is 14.5 Å². The van der Waals surface area contributed by atoms with Gasteiger partial charge in [-0.25, -0.2) is 8.78 Å². The van der Waals surface area contributed by atoms with Crippen molar-refractivity contribution in [3.8, 4) is 6.07 Å². The quantitative estimate of drug-likeness (QED) is 0.723. The lowest BCUT2D eigenvalue weighted by Crippen LogP contribution is -2.36. The highest BCUT2D eigenvalue weighted by molar-refractivity contribution is 6.17. The summed E-state index contributed by atoms with van der Waals surface area (Å²) in [5.74, 6) is -1.38. The zero-order valence-corrected chi connectivity index (χ0v) is 11.7. The summed E-state index contributed by atoms with van der Waals surface area (Å²) in [6.07, 6.45) is 1.50. The third-order valence-electron chi connectivity index (χ3n) is 4.10. The first kappa shape index (κ1) is 13.5. The number of rotatable bonds is 1. The fraction of sp³-hybridized carbons (Fsp3) is 0.0588. The second kappa shape index (κ2) is 4.40. The molecule has 112 valence electrons. The monoisotopic (exact) mass is 309 g/mol. The van der Waals surface area contributed by atoms with Gasteiger partial charge in [0.1, 0.15) is 17.7 Å². The van der Waals surface area contributed by atoms with Crippen molar-refractivity contribution in [3.63, 3.8) is 0 Å². The first-order valence-corrected chi connectivity index (χ1v) is 6.86. The van der Waals surface area contributed by atoms with Gasteiger partial charge in [-0.05, 0) is 36.4 Å². The average molecular weight is 309 g/mol. The molecule has 4 rings (SSSR count). The minimum Gasteiger partial charge on any atom is -0.361 e. The molecule has 0 bridgehead atoms. The molecule has 23 heavy (non-hydrogen) atoms. The third kappa shape index (κ3) is 1.70. The van der Waals surface area contributed by atoms with E-state index in [0.29, 0.717) is 16.5 Å². The summed E-state index contributed by atoms with van der Waals surface area (Å²) in [5, 5.41) is 13.1. The minimum atomic E-state index is -1.66. The molecule has 0 radical (unpaired) electrons. The number of fused-ring (bicyclic) bond motifs is 2. The van der Waals surface area contributed by atoms with Gasteiger partial charge in [-0.2, -0.15) is 5.26 Å². The molecule has 0 aliphatic carbocycles. The Morgan fingerprint density at radius 3 is 2.61 bits per heavy atom. The summed E-state index contributed by atoms with van der Waals surface area (Å²) >= 11 is 0. The molecule has 3 aromatic rings. The van der Waals surface area contributed by atoms with Gasteiger partial charge in [-0.1, -0.05) is 0 Å². The van der Waals surface area contributed by atoms with Gasteiger partial charge in [0, 0.05) is 33.9 Å². The molecule has 6 heteroatoms. The summed E-state index contributed by atoms with van der Waals surface area (Å²) in [6.45, 7) is 0. The number of halogens is 2. The van der Waals surface area contributed by atoms with Crippen LogP contribution in [0.15, 0.2) is 42.6 Å². The fourth-order valence-corrected chi connectivity index (χ4v) is 3.02. The number of ketones is 1. The van der Waals surface area contributed by atoms with Gasteiger partial charge < -0.3 is 10.3 Å². The number of aromatic nitrogens is 1. The van der Waals surface area contributed by atoms with Crippen molar-refractivity contribution in [2.45, 2.75) is 5.54 Å². The van der Waals surface area contributed by atoms with E-state index in [1.54, 1.807) is 0 Å². The van der Waals surface area contributed by atoms with E-state index in [-0.39, 0.29) is 11.3 Å². The first-order chi connectivity index (χ1) is 11.0. The maximum atomic E-state index is 13.4.